The first-order valence-corrected chi connectivity index (χ1v) is 9.66. The molecule has 0 spiro atoms. The summed E-state index contributed by atoms with van der Waals surface area (Å²) in [6, 6.07) is 5.91. The second-order valence-electron chi connectivity index (χ2n) is 6.54. The molecule has 4 rings (SSSR count). The van der Waals surface area contributed by atoms with E-state index in [1.165, 1.54) is 16.9 Å². The first-order chi connectivity index (χ1) is 12.1. The van der Waals surface area contributed by atoms with Crippen LogP contribution in [0.2, 0.25) is 0 Å². The molecule has 0 radical (unpaired) electrons. The molecule has 4 heterocycles. The Hall–Kier alpha value is -1.62. The normalized spacial score (nSPS) is 21.5. The molecule has 5 nitrogen and oxygen atoms in total. The van der Waals surface area contributed by atoms with Crippen LogP contribution in [0.25, 0.3) is 11.3 Å². The van der Waals surface area contributed by atoms with Crippen LogP contribution in [0.15, 0.2) is 43.0 Å². The van der Waals surface area contributed by atoms with Crippen LogP contribution in [-0.4, -0.2) is 52.1 Å². The van der Waals surface area contributed by atoms with E-state index in [0.717, 1.165) is 40.1 Å². The van der Waals surface area contributed by atoms with Crippen molar-refractivity contribution in [2.45, 2.75) is 18.5 Å². The van der Waals surface area contributed by atoms with Gasteiger partial charge in [-0.2, -0.15) is 0 Å². The summed E-state index contributed by atoms with van der Waals surface area (Å²) in [5.74, 6) is 0. The quantitative estimate of drug-likeness (QED) is 0.715. The Morgan fingerprint density at radius 3 is 2.85 bits per heavy atom. The summed E-state index contributed by atoms with van der Waals surface area (Å²) in [6.07, 6.45) is 8.78. The fourth-order valence-corrected chi connectivity index (χ4v) is 4.40. The van der Waals surface area contributed by atoms with Crippen molar-refractivity contribution in [1.29, 1.82) is 0 Å². The number of pyridine rings is 2. The van der Waals surface area contributed by atoms with Crippen molar-refractivity contribution < 1.29 is 4.39 Å². The number of hydrogen-bond acceptors (Lipinski definition) is 5. The molecule has 2 N–H and O–H groups in total. The van der Waals surface area contributed by atoms with Gasteiger partial charge >= 0.3 is 155 Å². The Morgan fingerprint density at radius 2 is 2.12 bits per heavy atom. The van der Waals surface area contributed by atoms with Gasteiger partial charge in [0.15, 0.2) is 0 Å². The van der Waals surface area contributed by atoms with Gasteiger partial charge < -0.3 is 0 Å². The van der Waals surface area contributed by atoms with Crippen molar-refractivity contribution in [1.82, 2.24) is 15.3 Å². The first kappa shape index (κ1) is 19.1. The average Bonchev–Trinajstić information content (AvgIpc) is 2.62. The second-order valence-corrected chi connectivity index (χ2v) is 7.69. The van der Waals surface area contributed by atoms with Gasteiger partial charge in [-0.3, -0.25) is 0 Å². The predicted molar refractivity (Wildman–Crippen MR) is 109 cm³/mol. The molecule has 2 aliphatic heterocycles. The van der Waals surface area contributed by atoms with Crippen molar-refractivity contribution in [3.63, 3.8) is 0 Å². The summed E-state index contributed by atoms with van der Waals surface area (Å²) in [7, 11) is 0. The van der Waals surface area contributed by atoms with Crippen LogP contribution in [-0.2, 0) is 0 Å². The Labute approximate surface area is 167 Å². The van der Waals surface area contributed by atoms with Crippen molar-refractivity contribution in [2.75, 3.05) is 29.9 Å². The van der Waals surface area contributed by atoms with Crippen LogP contribution in [0, 0.1) is 0 Å². The molecule has 1 fully saturated rings. The molecule has 2 atom stereocenters. The van der Waals surface area contributed by atoms with Gasteiger partial charge in [-0.15, -0.1) is 12.4 Å². The van der Waals surface area contributed by atoms with Crippen LogP contribution in [0.1, 0.15) is 12.8 Å². The van der Waals surface area contributed by atoms with E-state index >= 15 is 4.39 Å². The van der Waals surface area contributed by atoms with E-state index in [1.807, 2.05) is 35.5 Å². The van der Waals surface area contributed by atoms with Gasteiger partial charge in [0.2, 0.25) is 0 Å². The number of fused-ring (bicyclic) bond motifs is 1. The molecule has 2 unspecified atom stereocenters. The Morgan fingerprint density at radius 1 is 1.31 bits per heavy atom. The second kappa shape index (κ2) is 7.95. The third-order valence-electron chi connectivity index (χ3n) is 4.65. The van der Waals surface area contributed by atoms with Crippen LogP contribution in [0.3, 0.4) is 0 Å². The maximum atomic E-state index is 15.1. The Kier molecular flexibility index (Phi) is 5.85. The van der Waals surface area contributed by atoms with Gasteiger partial charge in [0.05, 0.1) is 0 Å². The molecule has 0 bridgehead atoms. The zero-order chi connectivity index (χ0) is 17.3. The van der Waals surface area contributed by atoms with Gasteiger partial charge in [-0.25, -0.2) is 0 Å². The summed E-state index contributed by atoms with van der Waals surface area (Å²) < 4.78 is 16.1. The van der Waals surface area contributed by atoms with E-state index in [9.17, 15) is 0 Å². The summed E-state index contributed by atoms with van der Waals surface area (Å²) in [6.45, 7) is 1.66. The monoisotopic (exact) mass is 437 g/mol. The molecule has 0 aliphatic carbocycles. The standard InChI is InChI=1S/C18H21AsFN5.ClH/c19-17-16-15(10-14(24-17)13-2-6-21-7-3-13)23-8-9-25(16)12-18(20)4-1-5-22-11-18;/h2-3,6-10,22-23H,1,4-5,11-12,19H2;1H. The summed E-state index contributed by atoms with van der Waals surface area (Å²) in [5.41, 5.74) is 2.66. The number of rotatable bonds is 3. The average molecular weight is 438 g/mol. The van der Waals surface area contributed by atoms with E-state index in [-0.39, 0.29) is 12.4 Å². The number of hydrogen-bond donors (Lipinski definition) is 2. The summed E-state index contributed by atoms with van der Waals surface area (Å²) in [4.78, 5) is 10.8. The molecular weight excluding hydrogens is 416 g/mol. The van der Waals surface area contributed by atoms with Gasteiger partial charge in [0.25, 0.3) is 0 Å². The SMILES string of the molecule is Cl.FC1(CN2C=CNc3cc(-c4ccncc4)nc([AsH2])c32)CCCNC1. The van der Waals surface area contributed by atoms with E-state index in [0.29, 0.717) is 19.5 Å². The molecule has 26 heavy (non-hydrogen) atoms. The first-order valence-electron chi connectivity index (χ1n) is 8.45. The molecule has 0 amide bonds. The van der Waals surface area contributed by atoms with Crippen LogP contribution in [0.4, 0.5) is 15.8 Å². The van der Waals surface area contributed by atoms with Crippen molar-refractivity contribution in [2.24, 2.45) is 0 Å². The molecular formula is C18H22AsClFN5. The molecule has 2 aliphatic rings. The number of nitrogens with zero attached hydrogens (tertiary/aromatic N) is 3. The van der Waals surface area contributed by atoms with E-state index < -0.39 is 5.67 Å². The molecule has 8 heteroatoms. The summed E-state index contributed by atoms with van der Waals surface area (Å²) >= 11 is 1.44. The maximum absolute atomic E-state index is 15.1. The van der Waals surface area contributed by atoms with E-state index in [4.69, 9.17) is 4.98 Å². The minimum atomic E-state index is -1.21. The molecule has 0 aromatic carbocycles. The van der Waals surface area contributed by atoms with E-state index in [2.05, 4.69) is 15.6 Å². The zero-order valence-corrected chi connectivity index (χ0v) is 17.5. The van der Waals surface area contributed by atoms with Crippen LogP contribution >= 0.6 is 12.4 Å². The number of nitrogens with one attached hydrogen (secondary N) is 2. The fourth-order valence-electron chi connectivity index (χ4n) is 3.44. The van der Waals surface area contributed by atoms with Crippen molar-refractivity contribution in [3.8, 4) is 11.3 Å². The van der Waals surface area contributed by atoms with Crippen molar-refractivity contribution in [3.05, 3.63) is 43.0 Å². The van der Waals surface area contributed by atoms with Crippen molar-refractivity contribution >= 4 is 45.1 Å². The Bertz CT molecular complexity index is 796. The van der Waals surface area contributed by atoms with Gasteiger partial charge in [-0.05, 0) is 0 Å². The predicted octanol–water partition coefficient (Wildman–Crippen LogP) is 1.62. The van der Waals surface area contributed by atoms with Gasteiger partial charge in [0.1, 0.15) is 0 Å². The molecule has 1 saturated heterocycles. The van der Waals surface area contributed by atoms with Crippen LogP contribution < -0.4 is 20.0 Å². The fraction of sp³-hybridized carbons (Fsp3) is 0.333. The molecule has 0 saturated carbocycles. The summed E-state index contributed by atoms with van der Waals surface area (Å²) in [5, 5.41) is 6.46. The van der Waals surface area contributed by atoms with Gasteiger partial charge in [0, 0.05) is 0 Å². The number of halogens is 2. The zero-order valence-electron chi connectivity index (χ0n) is 14.3. The number of aromatic nitrogens is 2. The minimum absolute atomic E-state index is 0. The molecule has 2 aromatic rings. The van der Waals surface area contributed by atoms with E-state index in [1.54, 1.807) is 12.4 Å². The van der Waals surface area contributed by atoms with Crippen LogP contribution in [0.5, 0.6) is 0 Å². The number of piperidine rings is 1. The molecule has 138 valence electrons. The Balaban J connectivity index is 0.00000196. The molecule has 2 aromatic heterocycles. The third kappa shape index (κ3) is 3.87. The number of anilines is 2. The number of alkyl halides is 1. The topological polar surface area (TPSA) is 53.1 Å². The van der Waals surface area contributed by atoms with Gasteiger partial charge in [-0.1, -0.05) is 0 Å². The third-order valence-corrected chi connectivity index (χ3v) is 5.49.